The van der Waals surface area contributed by atoms with Crippen molar-refractivity contribution in [3.63, 3.8) is 0 Å². The lowest BCUT2D eigenvalue weighted by molar-refractivity contribution is -0.154. The smallest absolute Gasteiger partial charge is 0.422 e. The number of rotatable bonds is 4. The highest BCUT2D eigenvalue weighted by atomic mass is 19.4. The minimum Gasteiger partial charge on any atom is -0.490 e. The highest BCUT2D eigenvalue weighted by Gasteiger charge is 2.31. The van der Waals surface area contributed by atoms with Gasteiger partial charge in [-0.05, 0) is 25.8 Å². The van der Waals surface area contributed by atoms with Gasteiger partial charge in [0.25, 0.3) is 0 Å². The number of alkyl halides is 3. The second-order valence-electron chi connectivity index (χ2n) is 10.1. The molecular formula is C27H29F3N8O4. The maximum absolute atomic E-state index is 13.1. The van der Waals surface area contributed by atoms with Gasteiger partial charge in [-0.1, -0.05) is 0 Å². The maximum Gasteiger partial charge on any atom is 0.422 e. The van der Waals surface area contributed by atoms with Crippen molar-refractivity contribution in [2.24, 2.45) is 7.05 Å². The van der Waals surface area contributed by atoms with Gasteiger partial charge < -0.3 is 24.3 Å². The fourth-order valence-electron chi connectivity index (χ4n) is 4.80. The summed E-state index contributed by atoms with van der Waals surface area (Å²) in [6.45, 7) is 1.79. The van der Waals surface area contributed by atoms with E-state index in [0.717, 1.165) is 0 Å². The fraction of sp³-hybridized carbons (Fsp3) is 0.444. The predicted molar refractivity (Wildman–Crippen MR) is 144 cm³/mol. The quantitative estimate of drug-likeness (QED) is 0.359. The molecule has 1 fully saturated rings. The first-order valence-corrected chi connectivity index (χ1v) is 13.5. The van der Waals surface area contributed by atoms with E-state index in [2.05, 4.69) is 30.5 Å². The number of anilines is 2. The maximum atomic E-state index is 13.1. The van der Waals surface area contributed by atoms with Crippen molar-refractivity contribution in [2.45, 2.75) is 44.5 Å². The number of nitrogens with one attached hydrogen (secondary N) is 1. The molecule has 0 aliphatic carbocycles. The van der Waals surface area contributed by atoms with Crippen LogP contribution in [0.25, 0.3) is 22.5 Å². The molecule has 1 N–H and O–H groups in total. The zero-order valence-corrected chi connectivity index (χ0v) is 23.0. The summed E-state index contributed by atoms with van der Waals surface area (Å²) in [5.74, 6) is 2.05. The molecule has 2 aliphatic heterocycles. The number of pyridine rings is 1. The Morgan fingerprint density at radius 2 is 1.88 bits per heavy atom. The molecule has 0 radical (unpaired) electrons. The van der Waals surface area contributed by atoms with Crippen LogP contribution in [0.5, 0.6) is 17.5 Å². The van der Waals surface area contributed by atoms with Crippen molar-refractivity contribution >= 4 is 11.6 Å². The van der Waals surface area contributed by atoms with Crippen LogP contribution in [-0.4, -0.2) is 73.2 Å². The van der Waals surface area contributed by atoms with E-state index < -0.39 is 12.8 Å². The molecule has 12 nitrogen and oxygen atoms in total. The first kappa shape index (κ1) is 27.8. The van der Waals surface area contributed by atoms with E-state index in [4.69, 9.17) is 18.9 Å². The molecule has 15 heteroatoms. The Kier molecular flexibility index (Phi) is 7.58. The lowest BCUT2D eigenvalue weighted by Crippen LogP contribution is -2.21. The standard InChI is InChI=1S/C27H29F3N8O4/c1-16-4-10-40-26-19(13-33-37(26)2)24-31-7-3-22(35-24)34-23-11-21(42-16)18(12-32-23)20-14-38(17-5-8-39-9-6-17)36-25(20)41-15-27(28,29)30/h3,7,11-14,16-17H,4-6,8-10,15H2,1-2H3,(H,31,32,34,35)/t16-/m0/s1. The molecule has 42 heavy (non-hydrogen) atoms. The Balaban J connectivity index is 1.39. The normalized spacial score (nSPS) is 17.8. The second kappa shape index (κ2) is 11.5. The Hall–Kier alpha value is -4.40. The SMILES string of the molecule is C[C@H]1CCOc2c(cnn2C)-c2nccc(n2)Nc2cc(c(-c3cn(C4CCOCC4)nc3OCC(F)(F)F)cn2)O1. The molecule has 1 saturated heterocycles. The van der Waals surface area contributed by atoms with Gasteiger partial charge in [0, 0.05) is 56.9 Å². The van der Waals surface area contributed by atoms with E-state index in [0.29, 0.717) is 84.9 Å². The number of fused-ring (bicyclic) bond motifs is 6. The van der Waals surface area contributed by atoms with Gasteiger partial charge in [-0.2, -0.15) is 18.3 Å². The Bertz CT molecular complexity index is 1550. The molecule has 0 aromatic carbocycles. The third-order valence-electron chi connectivity index (χ3n) is 6.92. The van der Waals surface area contributed by atoms with Crippen LogP contribution >= 0.6 is 0 Å². The van der Waals surface area contributed by atoms with E-state index in [1.165, 1.54) is 6.20 Å². The second-order valence-corrected chi connectivity index (χ2v) is 10.1. The minimum atomic E-state index is -4.53. The third-order valence-corrected chi connectivity index (χ3v) is 6.92. The molecule has 1 atom stereocenters. The highest BCUT2D eigenvalue weighted by molar-refractivity contribution is 5.75. The van der Waals surface area contributed by atoms with Gasteiger partial charge >= 0.3 is 6.18 Å². The predicted octanol–water partition coefficient (Wildman–Crippen LogP) is 4.72. The van der Waals surface area contributed by atoms with E-state index in [1.807, 2.05) is 6.92 Å². The van der Waals surface area contributed by atoms with Crippen LogP contribution in [0.3, 0.4) is 0 Å². The molecule has 6 rings (SSSR count). The average Bonchev–Trinajstić information content (AvgIpc) is 3.55. The van der Waals surface area contributed by atoms with Gasteiger partial charge in [0.1, 0.15) is 22.9 Å². The molecule has 6 heterocycles. The van der Waals surface area contributed by atoms with E-state index in [9.17, 15) is 13.2 Å². The Labute approximate surface area is 238 Å². The fourth-order valence-corrected chi connectivity index (χ4v) is 4.80. The zero-order chi connectivity index (χ0) is 29.3. The topological polar surface area (TPSA) is 123 Å². The summed E-state index contributed by atoms with van der Waals surface area (Å²) < 4.78 is 65.7. The van der Waals surface area contributed by atoms with Crippen molar-refractivity contribution in [1.29, 1.82) is 0 Å². The molecule has 0 saturated carbocycles. The summed E-state index contributed by atoms with van der Waals surface area (Å²) in [5.41, 5.74) is 1.42. The van der Waals surface area contributed by atoms with Gasteiger partial charge in [0.15, 0.2) is 12.4 Å². The number of hydrogen-bond donors (Lipinski definition) is 1. The molecule has 222 valence electrons. The number of hydrogen-bond acceptors (Lipinski definition) is 10. The largest absolute Gasteiger partial charge is 0.490 e. The van der Waals surface area contributed by atoms with Crippen LogP contribution in [0.15, 0.2) is 36.9 Å². The molecule has 4 bridgehead atoms. The summed E-state index contributed by atoms with van der Waals surface area (Å²) >= 11 is 0. The monoisotopic (exact) mass is 586 g/mol. The molecule has 0 amide bonds. The van der Waals surface area contributed by atoms with Crippen LogP contribution in [0.1, 0.15) is 32.2 Å². The molecule has 4 aromatic rings. The Morgan fingerprint density at radius 3 is 2.69 bits per heavy atom. The van der Waals surface area contributed by atoms with Gasteiger partial charge in [0.05, 0.1) is 30.5 Å². The lowest BCUT2D eigenvalue weighted by Gasteiger charge is -2.22. The summed E-state index contributed by atoms with van der Waals surface area (Å²) in [5, 5.41) is 11.9. The third kappa shape index (κ3) is 6.10. The van der Waals surface area contributed by atoms with Gasteiger partial charge in [-0.15, -0.1) is 5.10 Å². The van der Waals surface area contributed by atoms with Crippen molar-refractivity contribution in [1.82, 2.24) is 34.5 Å². The Morgan fingerprint density at radius 1 is 1.05 bits per heavy atom. The molecule has 0 spiro atoms. The molecule has 4 aromatic heterocycles. The first-order chi connectivity index (χ1) is 20.2. The van der Waals surface area contributed by atoms with E-state index in [1.54, 1.807) is 47.1 Å². The van der Waals surface area contributed by atoms with Crippen molar-refractivity contribution in [3.8, 4) is 40.0 Å². The molecular weight excluding hydrogens is 557 g/mol. The van der Waals surface area contributed by atoms with Gasteiger partial charge in [-0.3, -0.25) is 4.68 Å². The van der Waals surface area contributed by atoms with E-state index >= 15 is 0 Å². The summed E-state index contributed by atoms with van der Waals surface area (Å²) in [4.78, 5) is 13.5. The van der Waals surface area contributed by atoms with Crippen molar-refractivity contribution < 1.29 is 32.1 Å². The zero-order valence-electron chi connectivity index (χ0n) is 23.0. The number of aryl methyl sites for hydroxylation is 1. The van der Waals surface area contributed by atoms with Gasteiger partial charge in [0.2, 0.25) is 11.8 Å². The summed E-state index contributed by atoms with van der Waals surface area (Å²) in [6.07, 6.45) is 3.45. The van der Waals surface area contributed by atoms with Crippen molar-refractivity contribution in [3.05, 3.63) is 36.9 Å². The van der Waals surface area contributed by atoms with Crippen LogP contribution in [-0.2, 0) is 11.8 Å². The first-order valence-electron chi connectivity index (χ1n) is 13.5. The van der Waals surface area contributed by atoms with E-state index in [-0.39, 0.29) is 18.0 Å². The number of aromatic nitrogens is 7. The van der Waals surface area contributed by atoms with Crippen LogP contribution in [0.4, 0.5) is 24.8 Å². The van der Waals surface area contributed by atoms with Crippen molar-refractivity contribution in [2.75, 3.05) is 31.7 Å². The minimum absolute atomic E-state index is 0.0375. The molecule has 0 unspecified atom stereocenters. The summed E-state index contributed by atoms with van der Waals surface area (Å²) in [6, 6.07) is 3.32. The number of nitrogens with zero attached hydrogens (tertiary/aromatic N) is 7. The average molecular weight is 587 g/mol. The molecule has 2 aliphatic rings. The van der Waals surface area contributed by atoms with Crippen LogP contribution in [0, 0.1) is 0 Å². The van der Waals surface area contributed by atoms with Crippen LogP contribution < -0.4 is 19.5 Å². The number of ether oxygens (including phenoxy) is 4. The lowest BCUT2D eigenvalue weighted by atomic mass is 10.1. The number of halogens is 3. The summed E-state index contributed by atoms with van der Waals surface area (Å²) in [7, 11) is 1.77. The van der Waals surface area contributed by atoms with Crippen LogP contribution in [0.2, 0.25) is 0 Å². The van der Waals surface area contributed by atoms with Gasteiger partial charge in [-0.25, -0.2) is 19.6 Å². The highest BCUT2D eigenvalue weighted by Crippen LogP contribution is 2.40.